The van der Waals surface area contributed by atoms with Gasteiger partial charge in [0.2, 0.25) is 5.91 Å². The van der Waals surface area contributed by atoms with E-state index in [1.165, 1.54) is 44.0 Å². The van der Waals surface area contributed by atoms with Gasteiger partial charge in [-0.05, 0) is 41.5 Å². The Morgan fingerprint density at radius 3 is 2.41 bits per heavy atom. The van der Waals surface area contributed by atoms with Gasteiger partial charge in [-0.15, -0.1) is 0 Å². The zero-order valence-corrected chi connectivity index (χ0v) is 23.5. The van der Waals surface area contributed by atoms with Crippen molar-refractivity contribution >= 4 is 58.0 Å². The van der Waals surface area contributed by atoms with Crippen LogP contribution in [0.4, 0.5) is 0 Å². The molecule has 0 saturated heterocycles. The van der Waals surface area contributed by atoms with Crippen LogP contribution >= 0.6 is 23.2 Å². The molecular formula is C30H33Cl2N3O4. The van der Waals surface area contributed by atoms with Gasteiger partial charge >= 0.3 is 5.97 Å². The highest BCUT2D eigenvalue weighted by molar-refractivity contribution is 6.36. The van der Waals surface area contributed by atoms with E-state index in [2.05, 4.69) is 22.8 Å². The Kier molecular flexibility index (Phi) is 12.3. The molecule has 0 saturated carbocycles. The molecule has 2 amide bonds. The van der Waals surface area contributed by atoms with Crippen molar-refractivity contribution in [2.24, 2.45) is 5.10 Å². The van der Waals surface area contributed by atoms with E-state index in [-0.39, 0.29) is 28.8 Å². The Hall–Kier alpha value is -3.42. The van der Waals surface area contributed by atoms with E-state index >= 15 is 0 Å². The van der Waals surface area contributed by atoms with Crippen molar-refractivity contribution in [3.8, 4) is 5.75 Å². The average Bonchev–Trinajstić information content (AvgIpc) is 2.92. The molecule has 3 aromatic rings. The molecule has 0 unspecified atom stereocenters. The van der Waals surface area contributed by atoms with Crippen LogP contribution in [0.25, 0.3) is 10.8 Å². The molecule has 0 aromatic heterocycles. The second-order valence-electron chi connectivity index (χ2n) is 9.15. The minimum atomic E-state index is -0.658. The fourth-order valence-corrected chi connectivity index (χ4v) is 4.51. The SMILES string of the molecule is CCCCCCCCCC(=O)NCC(=O)NN=Cc1c(OC(=O)c2ccc(Cl)cc2Cl)ccc2ccccc12. The van der Waals surface area contributed by atoms with Crippen LogP contribution in [-0.4, -0.2) is 30.5 Å². The maximum absolute atomic E-state index is 12.8. The maximum atomic E-state index is 12.8. The number of ether oxygens (including phenoxy) is 1. The van der Waals surface area contributed by atoms with Gasteiger partial charge < -0.3 is 10.1 Å². The first-order valence-electron chi connectivity index (χ1n) is 13.2. The van der Waals surface area contributed by atoms with Crippen LogP contribution in [-0.2, 0) is 9.59 Å². The van der Waals surface area contributed by atoms with Crippen molar-refractivity contribution in [1.82, 2.24) is 10.7 Å². The molecule has 7 nitrogen and oxygen atoms in total. The summed E-state index contributed by atoms with van der Waals surface area (Å²) in [6.45, 7) is 2.00. The number of carbonyl (C=O) groups excluding carboxylic acids is 3. The van der Waals surface area contributed by atoms with Gasteiger partial charge in [0.25, 0.3) is 5.91 Å². The van der Waals surface area contributed by atoms with E-state index in [1.807, 2.05) is 30.3 Å². The molecule has 0 aliphatic carbocycles. The van der Waals surface area contributed by atoms with Gasteiger partial charge in [-0.3, -0.25) is 9.59 Å². The smallest absolute Gasteiger partial charge is 0.345 e. The lowest BCUT2D eigenvalue weighted by molar-refractivity contribution is -0.126. The first-order valence-corrected chi connectivity index (χ1v) is 13.9. The highest BCUT2D eigenvalue weighted by Gasteiger charge is 2.16. The Balaban J connectivity index is 1.58. The normalized spacial score (nSPS) is 11.1. The van der Waals surface area contributed by atoms with Gasteiger partial charge in [-0.2, -0.15) is 5.10 Å². The number of rotatable bonds is 14. The second-order valence-corrected chi connectivity index (χ2v) is 10.00. The number of hydrazone groups is 1. The topological polar surface area (TPSA) is 96.9 Å². The lowest BCUT2D eigenvalue weighted by Crippen LogP contribution is -2.34. The summed E-state index contributed by atoms with van der Waals surface area (Å²) in [7, 11) is 0. The third-order valence-electron chi connectivity index (χ3n) is 6.12. The highest BCUT2D eigenvalue weighted by Crippen LogP contribution is 2.29. The van der Waals surface area contributed by atoms with Gasteiger partial charge in [-0.25, -0.2) is 10.2 Å². The predicted octanol–water partition coefficient (Wildman–Crippen LogP) is 7.07. The summed E-state index contributed by atoms with van der Waals surface area (Å²) in [4.78, 5) is 37.1. The minimum Gasteiger partial charge on any atom is -0.422 e. The second kappa shape index (κ2) is 15.9. The van der Waals surface area contributed by atoms with Crippen LogP contribution in [0.3, 0.4) is 0 Å². The van der Waals surface area contributed by atoms with Gasteiger partial charge in [0.1, 0.15) is 5.75 Å². The molecule has 9 heteroatoms. The molecule has 0 bridgehead atoms. The zero-order valence-electron chi connectivity index (χ0n) is 22.0. The lowest BCUT2D eigenvalue weighted by Gasteiger charge is -2.11. The third kappa shape index (κ3) is 9.68. The minimum absolute atomic E-state index is 0.160. The maximum Gasteiger partial charge on any atom is 0.345 e. The third-order valence-corrected chi connectivity index (χ3v) is 6.67. The standard InChI is InChI=1S/C30H33Cl2N3O4/c1-2-3-4-5-6-7-8-13-28(36)33-20-29(37)35-34-19-25-23-12-10-9-11-21(23)14-17-27(25)39-30(38)24-16-15-22(31)18-26(24)32/h9-12,14-19H,2-8,13,20H2,1H3,(H,33,36)(H,35,37). The van der Waals surface area contributed by atoms with E-state index in [4.69, 9.17) is 27.9 Å². The summed E-state index contributed by atoms with van der Waals surface area (Å²) in [5, 5.41) is 8.90. The number of nitrogens with one attached hydrogen (secondary N) is 2. The number of carbonyl (C=O) groups is 3. The number of unbranched alkanes of at least 4 members (excludes halogenated alkanes) is 6. The molecule has 39 heavy (non-hydrogen) atoms. The average molecular weight is 571 g/mol. The summed E-state index contributed by atoms with van der Waals surface area (Å²) >= 11 is 12.1. The van der Waals surface area contributed by atoms with E-state index in [1.54, 1.807) is 12.1 Å². The predicted molar refractivity (Wildman–Crippen MR) is 157 cm³/mol. The van der Waals surface area contributed by atoms with Gasteiger partial charge in [0.05, 0.1) is 23.3 Å². The summed E-state index contributed by atoms with van der Waals surface area (Å²) < 4.78 is 5.64. The van der Waals surface area contributed by atoms with Crippen LogP contribution in [0, 0.1) is 0 Å². The van der Waals surface area contributed by atoms with E-state index in [0.29, 0.717) is 17.0 Å². The lowest BCUT2D eigenvalue weighted by atomic mass is 10.0. The molecule has 0 fully saturated rings. The number of hydrogen-bond acceptors (Lipinski definition) is 5. The highest BCUT2D eigenvalue weighted by atomic mass is 35.5. The monoisotopic (exact) mass is 569 g/mol. The van der Waals surface area contributed by atoms with E-state index in [0.717, 1.165) is 30.0 Å². The summed E-state index contributed by atoms with van der Waals surface area (Å²) in [5.74, 6) is -1.04. The number of amides is 2. The van der Waals surface area contributed by atoms with Crippen LogP contribution in [0.5, 0.6) is 5.75 Å². The van der Waals surface area contributed by atoms with Crippen molar-refractivity contribution in [3.63, 3.8) is 0 Å². The number of halogens is 2. The van der Waals surface area contributed by atoms with Crippen molar-refractivity contribution in [3.05, 3.63) is 75.8 Å². The van der Waals surface area contributed by atoms with Crippen LogP contribution < -0.4 is 15.5 Å². The van der Waals surface area contributed by atoms with Crippen LogP contribution in [0.2, 0.25) is 10.0 Å². The Morgan fingerprint density at radius 2 is 1.64 bits per heavy atom. The quantitative estimate of drug-likeness (QED) is 0.0712. The number of nitrogens with zero attached hydrogens (tertiary/aromatic N) is 1. The van der Waals surface area contributed by atoms with Crippen LogP contribution in [0.1, 0.15) is 74.2 Å². The summed E-state index contributed by atoms with van der Waals surface area (Å²) in [6, 6.07) is 15.5. The largest absolute Gasteiger partial charge is 0.422 e. The molecule has 206 valence electrons. The molecule has 0 aliphatic heterocycles. The van der Waals surface area contributed by atoms with E-state index in [9.17, 15) is 14.4 Å². The van der Waals surface area contributed by atoms with Gasteiger partial charge in [0, 0.05) is 17.0 Å². The number of esters is 1. The molecule has 3 aromatic carbocycles. The molecular weight excluding hydrogens is 537 g/mol. The van der Waals surface area contributed by atoms with Crippen molar-refractivity contribution in [2.45, 2.75) is 58.3 Å². The zero-order chi connectivity index (χ0) is 28.0. The fourth-order valence-electron chi connectivity index (χ4n) is 4.03. The molecule has 0 atom stereocenters. The molecule has 2 N–H and O–H groups in total. The molecule has 0 spiro atoms. The Bertz CT molecular complexity index is 1330. The fraction of sp³-hybridized carbons (Fsp3) is 0.333. The molecule has 0 heterocycles. The van der Waals surface area contributed by atoms with Gasteiger partial charge in [0.15, 0.2) is 0 Å². The number of fused-ring (bicyclic) bond motifs is 1. The first kappa shape index (κ1) is 30.1. The first-order chi connectivity index (χ1) is 18.9. The van der Waals surface area contributed by atoms with Crippen LogP contribution in [0.15, 0.2) is 59.7 Å². The Morgan fingerprint density at radius 1 is 0.897 bits per heavy atom. The van der Waals surface area contributed by atoms with Crippen molar-refractivity contribution in [1.29, 1.82) is 0 Å². The van der Waals surface area contributed by atoms with Crippen molar-refractivity contribution < 1.29 is 19.1 Å². The van der Waals surface area contributed by atoms with Gasteiger partial charge in [-0.1, -0.05) is 99.0 Å². The summed E-state index contributed by atoms with van der Waals surface area (Å²) in [5.41, 5.74) is 3.07. The molecule has 3 rings (SSSR count). The molecule has 0 radical (unpaired) electrons. The van der Waals surface area contributed by atoms with Crippen molar-refractivity contribution in [2.75, 3.05) is 6.54 Å². The molecule has 0 aliphatic rings. The number of benzene rings is 3. The number of hydrogen-bond donors (Lipinski definition) is 2. The van der Waals surface area contributed by atoms with E-state index < -0.39 is 11.9 Å². The summed E-state index contributed by atoms with van der Waals surface area (Å²) in [6.07, 6.45) is 9.65. The Labute approximate surface area is 238 Å².